The molecule has 0 unspecified atom stereocenters. The molecular weight excluding hydrogens is 182 g/mol. The van der Waals surface area contributed by atoms with E-state index in [0.29, 0.717) is 18.1 Å². The largest absolute Gasteiger partial charge is 0.464 e. The number of rotatable bonds is 1. The first kappa shape index (κ1) is 9.24. The number of hydrogen-bond acceptors (Lipinski definition) is 4. The Hall–Kier alpha value is -1.32. The summed E-state index contributed by atoms with van der Waals surface area (Å²) in [5, 5.41) is 3.78. The minimum Gasteiger partial charge on any atom is -0.464 e. The Morgan fingerprint density at radius 1 is 1.71 bits per heavy atom. The van der Waals surface area contributed by atoms with Gasteiger partial charge in [0, 0.05) is 12.3 Å². The summed E-state index contributed by atoms with van der Waals surface area (Å²) in [4.78, 5) is 16.4. The van der Waals surface area contributed by atoms with Crippen LogP contribution in [0.25, 0.3) is 0 Å². The van der Waals surface area contributed by atoms with Crippen molar-refractivity contribution in [3.8, 4) is 0 Å². The topological polar surface area (TPSA) is 47.9 Å². The van der Waals surface area contributed by atoms with Gasteiger partial charge in [-0.2, -0.15) is 0 Å². The number of carbonyl (C=O) groups excluding carboxylic acids is 1. The smallest absolute Gasteiger partial charge is 0.355 e. The number of nitrogens with zero attached hydrogens (tertiary/aromatic N) is 1. The molecule has 1 aliphatic carbocycles. The average Bonchev–Trinajstić information content (AvgIpc) is 2.27. The van der Waals surface area contributed by atoms with Crippen molar-refractivity contribution in [3.63, 3.8) is 0 Å². The highest BCUT2D eigenvalue weighted by molar-refractivity contribution is 6.36. The van der Waals surface area contributed by atoms with E-state index in [1.165, 1.54) is 7.11 Å². The molecule has 0 aromatic heterocycles. The Morgan fingerprint density at radius 3 is 3.36 bits per heavy atom. The van der Waals surface area contributed by atoms with Crippen molar-refractivity contribution < 1.29 is 14.4 Å². The standard InChI is InChI=1S/C10H13NO3/c1-13-10(12)8-6-7-4-2-3-5-9(7)14-11-8/h3,5,7,9H,2,4,6H2,1H3/t7-,9-/m0/s1. The second kappa shape index (κ2) is 3.82. The third kappa shape index (κ3) is 1.64. The van der Waals surface area contributed by atoms with Crippen molar-refractivity contribution in [2.24, 2.45) is 11.1 Å². The van der Waals surface area contributed by atoms with E-state index in [1.54, 1.807) is 0 Å². The summed E-state index contributed by atoms with van der Waals surface area (Å²) in [6.07, 6.45) is 6.95. The summed E-state index contributed by atoms with van der Waals surface area (Å²) in [5.41, 5.74) is 0.407. The zero-order valence-corrected chi connectivity index (χ0v) is 8.10. The van der Waals surface area contributed by atoms with Crippen LogP contribution in [0.2, 0.25) is 0 Å². The lowest BCUT2D eigenvalue weighted by atomic mass is 9.86. The molecule has 0 amide bonds. The minimum absolute atomic E-state index is 0.0529. The molecule has 76 valence electrons. The molecule has 4 heteroatoms. The highest BCUT2D eigenvalue weighted by Crippen LogP contribution is 2.28. The van der Waals surface area contributed by atoms with Gasteiger partial charge < -0.3 is 9.57 Å². The van der Waals surface area contributed by atoms with Crippen molar-refractivity contribution in [1.82, 2.24) is 0 Å². The van der Waals surface area contributed by atoms with E-state index in [0.717, 1.165) is 12.8 Å². The Bertz CT molecular complexity index is 296. The van der Waals surface area contributed by atoms with E-state index in [2.05, 4.69) is 16.0 Å². The Labute approximate surface area is 82.6 Å². The first-order valence-corrected chi connectivity index (χ1v) is 4.79. The monoisotopic (exact) mass is 195 g/mol. The maximum Gasteiger partial charge on any atom is 0.355 e. The molecule has 2 atom stereocenters. The maximum atomic E-state index is 11.2. The zero-order chi connectivity index (χ0) is 9.97. The summed E-state index contributed by atoms with van der Waals surface area (Å²) >= 11 is 0. The maximum absolute atomic E-state index is 11.2. The molecule has 2 rings (SSSR count). The lowest BCUT2D eigenvalue weighted by molar-refractivity contribution is -0.133. The molecular formula is C10H13NO3. The van der Waals surface area contributed by atoms with E-state index < -0.39 is 0 Å². The normalized spacial score (nSPS) is 29.9. The van der Waals surface area contributed by atoms with Gasteiger partial charge in [0.25, 0.3) is 0 Å². The molecule has 0 bridgehead atoms. The van der Waals surface area contributed by atoms with E-state index in [-0.39, 0.29) is 12.1 Å². The summed E-state index contributed by atoms with van der Waals surface area (Å²) in [6.45, 7) is 0. The van der Waals surface area contributed by atoms with Crippen LogP contribution in [0, 0.1) is 5.92 Å². The Morgan fingerprint density at radius 2 is 2.57 bits per heavy atom. The number of methoxy groups -OCH3 is 1. The SMILES string of the molecule is COC(=O)C1=NO[C@H]2C=CCC[C@H]2C1. The number of allylic oxidation sites excluding steroid dienone is 1. The number of hydrogen-bond donors (Lipinski definition) is 0. The van der Waals surface area contributed by atoms with Crippen LogP contribution in [0.3, 0.4) is 0 Å². The molecule has 1 aliphatic heterocycles. The molecule has 1 heterocycles. The zero-order valence-electron chi connectivity index (χ0n) is 8.10. The van der Waals surface area contributed by atoms with Crippen LogP contribution >= 0.6 is 0 Å². The molecule has 0 saturated carbocycles. The first-order chi connectivity index (χ1) is 6.81. The van der Waals surface area contributed by atoms with E-state index >= 15 is 0 Å². The third-order valence-electron chi connectivity index (χ3n) is 2.66. The Balaban J connectivity index is 2.08. The summed E-state index contributed by atoms with van der Waals surface area (Å²) in [5.74, 6) is 0.00426. The van der Waals surface area contributed by atoms with Gasteiger partial charge in [-0.25, -0.2) is 4.79 Å². The minimum atomic E-state index is -0.377. The summed E-state index contributed by atoms with van der Waals surface area (Å²) in [6, 6.07) is 0. The van der Waals surface area contributed by atoms with Gasteiger partial charge in [-0.1, -0.05) is 11.2 Å². The van der Waals surface area contributed by atoms with Crippen LogP contribution in [0.1, 0.15) is 19.3 Å². The second-order valence-corrected chi connectivity index (χ2v) is 3.57. The van der Waals surface area contributed by atoms with Crippen molar-refractivity contribution in [3.05, 3.63) is 12.2 Å². The van der Waals surface area contributed by atoms with Gasteiger partial charge in [-0.05, 0) is 18.9 Å². The second-order valence-electron chi connectivity index (χ2n) is 3.57. The Kier molecular flexibility index (Phi) is 2.52. The molecule has 0 aromatic rings. The number of carbonyl (C=O) groups is 1. The van der Waals surface area contributed by atoms with Crippen LogP contribution < -0.4 is 0 Å². The summed E-state index contributed by atoms with van der Waals surface area (Å²) in [7, 11) is 1.36. The van der Waals surface area contributed by atoms with Crippen LogP contribution in [-0.4, -0.2) is 24.9 Å². The average molecular weight is 195 g/mol. The lowest BCUT2D eigenvalue weighted by Crippen LogP contribution is -2.33. The van der Waals surface area contributed by atoms with Crippen molar-refractivity contribution >= 4 is 11.7 Å². The number of esters is 1. The first-order valence-electron chi connectivity index (χ1n) is 4.79. The van der Waals surface area contributed by atoms with Crippen molar-refractivity contribution in [2.45, 2.75) is 25.4 Å². The quantitative estimate of drug-likeness (QED) is 0.467. The van der Waals surface area contributed by atoms with Crippen LogP contribution in [0.5, 0.6) is 0 Å². The van der Waals surface area contributed by atoms with Gasteiger partial charge >= 0.3 is 5.97 Å². The van der Waals surface area contributed by atoms with Gasteiger partial charge in [0.1, 0.15) is 6.10 Å². The number of ether oxygens (including phenoxy) is 1. The lowest BCUT2D eigenvalue weighted by Gasteiger charge is -2.29. The van der Waals surface area contributed by atoms with Gasteiger partial charge in [-0.3, -0.25) is 0 Å². The van der Waals surface area contributed by atoms with Crippen molar-refractivity contribution in [1.29, 1.82) is 0 Å². The predicted octanol–water partition coefficient (Wildman–Crippen LogP) is 1.27. The van der Waals surface area contributed by atoms with Gasteiger partial charge in [-0.15, -0.1) is 0 Å². The molecule has 4 nitrogen and oxygen atoms in total. The predicted molar refractivity (Wildman–Crippen MR) is 50.8 cm³/mol. The number of fused-ring (bicyclic) bond motifs is 1. The van der Waals surface area contributed by atoms with Gasteiger partial charge in [0.15, 0.2) is 5.71 Å². The fourth-order valence-electron chi connectivity index (χ4n) is 1.85. The molecule has 0 saturated heterocycles. The van der Waals surface area contributed by atoms with Crippen LogP contribution in [0.15, 0.2) is 17.3 Å². The molecule has 2 aliphatic rings. The van der Waals surface area contributed by atoms with Crippen LogP contribution in [-0.2, 0) is 14.4 Å². The van der Waals surface area contributed by atoms with Gasteiger partial charge in [0.05, 0.1) is 7.11 Å². The van der Waals surface area contributed by atoms with E-state index in [1.807, 2.05) is 6.08 Å². The molecule has 0 fully saturated rings. The molecule has 0 radical (unpaired) electrons. The fraction of sp³-hybridized carbons (Fsp3) is 0.600. The fourth-order valence-corrected chi connectivity index (χ4v) is 1.85. The molecule has 14 heavy (non-hydrogen) atoms. The third-order valence-corrected chi connectivity index (χ3v) is 2.66. The summed E-state index contributed by atoms with van der Waals surface area (Å²) < 4.78 is 4.60. The highest BCUT2D eigenvalue weighted by atomic mass is 16.6. The van der Waals surface area contributed by atoms with Crippen LogP contribution in [0.4, 0.5) is 0 Å². The van der Waals surface area contributed by atoms with E-state index in [9.17, 15) is 4.79 Å². The number of oxime groups is 1. The molecule has 0 N–H and O–H groups in total. The highest BCUT2D eigenvalue weighted by Gasteiger charge is 2.31. The van der Waals surface area contributed by atoms with E-state index in [4.69, 9.17) is 4.84 Å². The molecule has 0 spiro atoms. The van der Waals surface area contributed by atoms with Gasteiger partial charge in [0.2, 0.25) is 0 Å². The molecule has 0 aromatic carbocycles. The van der Waals surface area contributed by atoms with Crippen molar-refractivity contribution in [2.75, 3.05) is 7.11 Å².